The van der Waals surface area contributed by atoms with Crippen LogP contribution in [-0.2, 0) is 10.8 Å². The Morgan fingerprint density at radius 1 is 0.933 bits per heavy atom. The molecule has 3 N–H and O–H groups in total. The van der Waals surface area contributed by atoms with Gasteiger partial charge in [-0.2, -0.15) is 0 Å². The van der Waals surface area contributed by atoms with Crippen molar-refractivity contribution in [3.63, 3.8) is 0 Å². The van der Waals surface area contributed by atoms with Gasteiger partial charge in [0.05, 0.1) is 22.0 Å². The highest BCUT2D eigenvalue weighted by Crippen LogP contribution is 2.23. The molecule has 152 valence electrons. The van der Waals surface area contributed by atoms with E-state index in [1.54, 1.807) is 12.5 Å². The fourth-order valence-electron chi connectivity index (χ4n) is 3.22. The van der Waals surface area contributed by atoms with Crippen LogP contribution in [0.4, 0.5) is 5.69 Å². The van der Waals surface area contributed by atoms with Crippen LogP contribution in [-0.4, -0.2) is 21.2 Å². The van der Waals surface area contributed by atoms with Gasteiger partial charge in [0.15, 0.2) is 0 Å². The van der Waals surface area contributed by atoms with Crippen LogP contribution >= 0.6 is 0 Å². The summed E-state index contributed by atoms with van der Waals surface area (Å²) in [6.07, 6.45) is 3.45. The lowest BCUT2D eigenvalue weighted by Crippen LogP contribution is -2.07. The number of nitrogen functional groups attached to an aromatic ring is 1. The summed E-state index contributed by atoms with van der Waals surface area (Å²) in [6.45, 7) is 3.97. The molecule has 0 aliphatic carbocycles. The Hall–Kier alpha value is -3.31. The molecule has 1 unspecified atom stereocenters. The van der Waals surface area contributed by atoms with Gasteiger partial charge in [-0.3, -0.25) is 14.6 Å². The number of aromatic nitrogens is 1. The van der Waals surface area contributed by atoms with Crippen LogP contribution < -0.4 is 5.73 Å². The average Bonchev–Trinajstić information content (AvgIpc) is 2.75. The largest absolute Gasteiger partial charge is 0.398 e. The van der Waals surface area contributed by atoms with Crippen molar-refractivity contribution in [2.75, 3.05) is 12.0 Å². The number of rotatable bonds is 3. The molecule has 1 heterocycles. The smallest absolute Gasteiger partial charge is 0.0795 e. The summed E-state index contributed by atoms with van der Waals surface area (Å²) in [5, 5.41) is 9.50. The second-order valence-electron chi connectivity index (χ2n) is 7.07. The molecule has 0 radical (unpaired) electrons. The topological polar surface area (TPSA) is 79.8 Å². The van der Waals surface area contributed by atoms with Crippen molar-refractivity contribution in [2.45, 2.75) is 18.7 Å². The Kier molecular flexibility index (Phi) is 6.75. The molecule has 0 aliphatic heterocycles. The fraction of sp³-hybridized carbons (Fsp3) is 0.120. The van der Waals surface area contributed by atoms with Gasteiger partial charge < -0.3 is 5.73 Å². The van der Waals surface area contributed by atoms with Gasteiger partial charge in [0.2, 0.25) is 0 Å². The van der Waals surface area contributed by atoms with E-state index >= 15 is 0 Å². The Labute approximate surface area is 179 Å². The van der Waals surface area contributed by atoms with Crippen LogP contribution in [0.1, 0.15) is 22.3 Å². The maximum absolute atomic E-state index is 11.0. The number of pyridine rings is 1. The van der Waals surface area contributed by atoms with Crippen molar-refractivity contribution in [1.29, 1.82) is 5.41 Å². The summed E-state index contributed by atoms with van der Waals surface area (Å²) < 4.78 is 11.0. The van der Waals surface area contributed by atoms with Crippen molar-refractivity contribution in [3.8, 4) is 0 Å². The minimum absolute atomic E-state index is 0.413. The Morgan fingerprint density at radius 3 is 2.37 bits per heavy atom. The second kappa shape index (κ2) is 9.46. The molecule has 0 bridgehead atoms. The summed E-state index contributed by atoms with van der Waals surface area (Å²) in [4.78, 5) is 5.33. The van der Waals surface area contributed by atoms with Crippen molar-refractivity contribution < 1.29 is 4.21 Å². The lowest BCUT2D eigenvalue weighted by Gasteiger charge is -2.10. The summed E-state index contributed by atoms with van der Waals surface area (Å²) >= 11 is 0. The molecule has 0 saturated carbocycles. The van der Waals surface area contributed by atoms with E-state index in [9.17, 15) is 4.21 Å². The molecule has 4 rings (SSSR count). The zero-order valence-corrected chi connectivity index (χ0v) is 18.2. The number of nitrogens with zero attached hydrogens (tertiary/aromatic N) is 1. The number of benzene rings is 3. The third-order valence-electron chi connectivity index (χ3n) is 4.78. The van der Waals surface area contributed by atoms with Crippen LogP contribution in [0.15, 0.2) is 83.9 Å². The number of hydrogen-bond acceptors (Lipinski definition) is 4. The van der Waals surface area contributed by atoms with E-state index in [-0.39, 0.29) is 0 Å². The molecule has 5 heteroatoms. The van der Waals surface area contributed by atoms with Crippen molar-refractivity contribution >= 4 is 33.1 Å². The van der Waals surface area contributed by atoms with Gasteiger partial charge in [-0.25, -0.2) is 0 Å². The van der Waals surface area contributed by atoms with E-state index < -0.39 is 10.8 Å². The van der Waals surface area contributed by atoms with Gasteiger partial charge in [0.1, 0.15) is 0 Å². The summed E-state index contributed by atoms with van der Waals surface area (Å²) in [6, 6.07) is 23.2. The first-order chi connectivity index (χ1) is 14.4. The molecular weight excluding hydrogens is 390 g/mol. The first-order valence-corrected chi connectivity index (χ1v) is 11.1. The number of hydrogen-bond donors (Lipinski definition) is 2. The zero-order valence-electron chi connectivity index (χ0n) is 17.3. The van der Waals surface area contributed by atoms with E-state index in [0.717, 1.165) is 38.1 Å². The SMILES string of the molecule is Cc1ccc(N)c(C(=N)c2cccc3cccnc23)c1.Cc1ccccc1S(C)=O. The lowest BCUT2D eigenvalue weighted by molar-refractivity contribution is 0.686. The normalized spacial score (nSPS) is 11.4. The molecule has 4 nitrogen and oxygen atoms in total. The fourth-order valence-corrected chi connectivity index (χ4v) is 4.01. The quantitative estimate of drug-likeness (QED) is 0.353. The minimum Gasteiger partial charge on any atom is -0.398 e. The van der Waals surface area contributed by atoms with Crippen LogP contribution in [0.2, 0.25) is 0 Å². The monoisotopic (exact) mass is 415 g/mol. The van der Waals surface area contributed by atoms with Crippen molar-refractivity contribution in [1.82, 2.24) is 4.98 Å². The highest BCUT2D eigenvalue weighted by atomic mass is 32.2. The van der Waals surface area contributed by atoms with Crippen LogP contribution in [0, 0.1) is 19.3 Å². The first-order valence-electron chi connectivity index (χ1n) is 9.56. The predicted octanol–water partition coefficient (Wildman–Crippen LogP) is 5.27. The molecule has 0 fully saturated rings. The number of fused-ring (bicyclic) bond motifs is 1. The maximum Gasteiger partial charge on any atom is 0.0795 e. The van der Waals surface area contributed by atoms with Crippen molar-refractivity contribution in [2.24, 2.45) is 0 Å². The molecule has 0 saturated heterocycles. The van der Waals surface area contributed by atoms with E-state index in [1.165, 1.54) is 0 Å². The number of anilines is 1. The minimum atomic E-state index is -0.841. The third-order valence-corrected chi connectivity index (χ3v) is 5.86. The molecule has 30 heavy (non-hydrogen) atoms. The Morgan fingerprint density at radius 2 is 1.67 bits per heavy atom. The van der Waals surface area contributed by atoms with Crippen molar-refractivity contribution in [3.05, 3.63) is 101 Å². The van der Waals surface area contributed by atoms with E-state index in [0.29, 0.717) is 11.4 Å². The number of aryl methyl sites for hydroxylation is 2. The van der Waals surface area contributed by atoms with E-state index in [1.807, 2.05) is 86.6 Å². The highest BCUT2D eigenvalue weighted by molar-refractivity contribution is 7.84. The molecule has 1 aromatic heterocycles. The molecule has 0 spiro atoms. The Balaban J connectivity index is 0.000000216. The summed E-state index contributed by atoms with van der Waals surface area (Å²) in [7, 11) is -0.841. The lowest BCUT2D eigenvalue weighted by atomic mass is 9.97. The maximum atomic E-state index is 11.0. The average molecular weight is 416 g/mol. The van der Waals surface area contributed by atoms with Gasteiger partial charge in [-0.15, -0.1) is 0 Å². The zero-order chi connectivity index (χ0) is 21.7. The van der Waals surface area contributed by atoms with Gasteiger partial charge in [0, 0.05) is 39.5 Å². The van der Waals surface area contributed by atoms with Gasteiger partial charge >= 0.3 is 0 Å². The number of nitrogens with one attached hydrogen (secondary N) is 1. The van der Waals surface area contributed by atoms with E-state index in [2.05, 4.69) is 4.98 Å². The van der Waals surface area contributed by atoms with E-state index in [4.69, 9.17) is 11.1 Å². The van der Waals surface area contributed by atoms with Crippen LogP contribution in [0.25, 0.3) is 10.9 Å². The molecular formula is C25H25N3OS. The predicted molar refractivity (Wildman–Crippen MR) is 127 cm³/mol. The standard InChI is InChI=1S/C17H15N3.C8H10OS/c1-11-7-8-15(18)14(10-11)16(19)13-6-2-4-12-5-3-9-20-17(12)13;1-7-5-3-4-6-8(7)10(2)9/h2-10,19H,18H2,1H3;3-6H,1-2H3. The Bertz CT molecular complexity index is 1230. The van der Waals surface area contributed by atoms with Gasteiger partial charge in [-0.1, -0.05) is 54.1 Å². The summed E-state index contributed by atoms with van der Waals surface area (Å²) in [5.74, 6) is 0. The molecule has 0 aliphatic rings. The van der Waals surface area contributed by atoms with Gasteiger partial charge in [-0.05, 0) is 43.7 Å². The molecule has 4 aromatic rings. The number of nitrogens with two attached hydrogens (primary N) is 1. The summed E-state index contributed by atoms with van der Waals surface area (Å²) in [5.41, 5.74) is 11.6. The van der Waals surface area contributed by atoms with Gasteiger partial charge in [0.25, 0.3) is 0 Å². The number of para-hydroxylation sites is 1. The van der Waals surface area contributed by atoms with Crippen LogP contribution in [0.3, 0.4) is 0 Å². The molecule has 3 aromatic carbocycles. The third kappa shape index (κ3) is 4.81. The highest BCUT2D eigenvalue weighted by Gasteiger charge is 2.12. The van der Waals surface area contributed by atoms with Crippen LogP contribution in [0.5, 0.6) is 0 Å². The molecule has 0 amide bonds. The first kappa shape index (κ1) is 21.4. The second-order valence-corrected chi connectivity index (χ2v) is 8.41. The molecule has 1 atom stereocenters.